The van der Waals surface area contributed by atoms with E-state index in [0.29, 0.717) is 18.3 Å². The number of rotatable bonds is 4. The summed E-state index contributed by atoms with van der Waals surface area (Å²) in [6, 6.07) is 5.88. The van der Waals surface area contributed by atoms with Gasteiger partial charge in [-0.1, -0.05) is 6.07 Å². The Morgan fingerprint density at radius 3 is 2.88 bits per heavy atom. The first-order valence-corrected chi connectivity index (χ1v) is 5.71. The standard InChI is InChI=1S/C12H15NO4/c14-10(4-13-9-5-15-6-9)8-1-2-11-12(3-8)17-7-16-11/h1-3,9-10,13-14H,4-7H2. The molecule has 0 saturated carbocycles. The van der Waals surface area contributed by atoms with Gasteiger partial charge in [-0.15, -0.1) is 0 Å². The Morgan fingerprint density at radius 1 is 1.29 bits per heavy atom. The Labute approximate surface area is 99.3 Å². The molecule has 2 heterocycles. The van der Waals surface area contributed by atoms with Crippen LogP contribution in [0.15, 0.2) is 18.2 Å². The lowest BCUT2D eigenvalue weighted by Crippen LogP contribution is -2.47. The van der Waals surface area contributed by atoms with Crippen LogP contribution in [0, 0.1) is 0 Å². The first-order chi connectivity index (χ1) is 8.33. The van der Waals surface area contributed by atoms with Crippen molar-refractivity contribution in [1.82, 2.24) is 5.32 Å². The van der Waals surface area contributed by atoms with Crippen molar-refractivity contribution in [2.75, 3.05) is 26.6 Å². The zero-order chi connectivity index (χ0) is 11.7. The Morgan fingerprint density at radius 2 is 2.12 bits per heavy atom. The minimum atomic E-state index is -0.537. The van der Waals surface area contributed by atoms with E-state index in [2.05, 4.69) is 5.32 Å². The second kappa shape index (κ2) is 4.52. The Hall–Kier alpha value is -1.30. The Balaban J connectivity index is 1.62. The third kappa shape index (κ3) is 2.22. The molecule has 0 bridgehead atoms. The molecule has 5 heteroatoms. The van der Waals surface area contributed by atoms with E-state index >= 15 is 0 Å². The smallest absolute Gasteiger partial charge is 0.231 e. The first-order valence-electron chi connectivity index (χ1n) is 5.71. The van der Waals surface area contributed by atoms with Gasteiger partial charge in [0.1, 0.15) is 0 Å². The van der Waals surface area contributed by atoms with Gasteiger partial charge in [-0.2, -0.15) is 0 Å². The fourth-order valence-electron chi connectivity index (χ4n) is 1.87. The molecule has 5 nitrogen and oxygen atoms in total. The van der Waals surface area contributed by atoms with Gasteiger partial charge in [0.2, 0.25) is 6.79 Å². The highest BCUT2D eigenvalue weighted by molar-refractivity contribution is 5.45. The van der Waals surface area contributed by atoms with Crippen molar-refractivity contribution in [2.24, 2.45) is 0 Å². The molecule has 0 amide bonds. The molecule has 0 aliphatic carbocycles. The summed E-state index contributed by atoms with van der Waals surface area (Å²) in [5.41, 5.74) is 0.835. The minimum Gasteiger partial charge on any atom is -0.454 e. The molecule has 0 radical (unpaired) electrons. The lowest BCUT2D eigenvalue weighted by atomic mass is 10.1. The molecule has 1 fully saturated rings. The highest BCUT2D eigenvalue weighted by Gasteiger charge is 2.20. The lowest BCUT2D eigenvalue weighted by Gasteiger charge is -2.28. The largest absolute Gasteiger partial charge is 0.454 e. The van der Waals surface area contributed by atoms with E-state index in [0.717, 1.165) is 24.5 Å². The van der Waals surface area contributed by atoms with Gasteiger partial charge in [-0.3, -0.25) is 0 Å². The summed E-state index contributed by atoms with van der Waals surface area (Å²) < 4.78 is 15.5. The topological polar surface area (TPSA) is 60.0 Å². The molecule has 1 aromatic carbocycles. The number of nitrogens with one attached hydrogen (secondary N) is 1. The normalized spacial score (nSPS) is 20.1. The SMILES string of the molecule is OC(CNC1COC1)c1ccc2c(c1)OCO2. The highest BCUT2D eigenvalue weighted by atomic mass is 16.7. The summed E-state index contributed by atoms with van der Waals surface area (Å²) in [6.07, 6.45) is -0.537. The molecule has 92 valence electrons. The number of aliphatic hydroxyl groups is 1. The fourth-order valence-corrected chi connectivity index (χ4v) is 1.87. The predicted molar refractivity (Wildman–Crippen MR) is 60.1 cm³/mol. The third-order valence-electron chi connectivity index (χ3n) is 3.02. The van der Waals surface area contributed by atoms with Crippen LogP contribution in [0.3, 0.4) is 0 Å². The van der Waals surface area contributed by atoms with E-state index in [1.165, 1.54) is 0 Å². The van der Waals surface area contributed by atoms with Gasteiger partial charge in [0.25, 0.3) is 0 Å². The predicted octanol–water partition coefficient (Wildman–Crippen LogP) is 0.437. The van der Waals surface area contributed by atoms with Crippen LogP contribution in [0.2, 0.25) is 0 Å². The lowest BCUT2D eigenvalue weighted by molar-refractivity contribution is -0.00981. The van der Waals surface area contributed by atoms with Gasteiger partial charge in [0.05, 0.1) is 25.4 Å². The number of benzene rings is 1. The molecule has 1 aromatic rings. The molecule has 0 aromatic heterocycles. The van der Waals surface area contributed by atoms with E-state index in [-0.39, 0.29) is 6.79 Å². The summed E-state index contributed by atoms with van der Waals surface area (Å²) in [6.45, 7) is 2.24. The van der Waals surface area contributed by atoms with Crippen molar-refractivity contribution in [2.45, 2.75) is 12.1 Å². The molecular formula is C12H15NO4. The summed E-state index contributed by atoms with van der Waals surface area (Å²) in [5, 5.41) is 13.3. The number of fused-ring (bicyclic) bond motifs is 1. The fraction of sp³-hybridized carbons (Fsp3) is 0.500. The molecule has 1 atom stereocenters. The Kier molecular flexibility index (Phi) is 2.88. The van der Waals surface area contributed by atoms with Crippen LogP contribution in [0.25, 0.3) is 0 Å². The summed E-state index contributed by atoms with van der Waals surface area (Å²) in [7, 11) is 0. The van der Waals surface area contributed by atoms with E-state index in [1.54, 1.807) is 0 Å². The monoisotopic (exact) mass is 237 g/mol. The van der Waals surface area contributed by atoms with Gasteiger partial charge < -0.3 is 24.6 Å². The summed E-state index contributed by atoms with van der Waals surface area (Å²) in [4.78, 5) is 0. The molecule has 2 aliphatic rings. The van der Waals surface area contributed by atoms with E-state index in [9.17, 15) is 5.11 Å². The van der Waals surface area contributed by atoms with E-state index in [1.807, 2.05) is 18.2 Å². The second-order valence-electron chi connectivity index (χ2n) is 4.27. The molecule has 3 rings (SSSR count). The van der Waals surface area contributed by atoms with Gasteiger partial charge >= 0.3 is 0 Å². The van der Waals surface area contributed by atoms with Crippen molar-refractivity contribution in [3.8, 4) is 11.5 Å². The molecule has 2 aliphatic heterocycles. The molecular weight excluding hydrogens is 222 g/mol. The third-order valence-corrected chi connectivity index (χ3v) is 3.02. The zero-order valence-corrected chi connectivity index (χ0v) is 9.39. The molecule has 1 saturated heterocycles. The van der Waals surface area contributed by atoms with Gasteiger partial charge in [-0.05, 0) is 17.7 Å². The average Bonchev–Trinajstić information content (AvgIpc) is 2.73. The number of hydrogen-bond donors (Lipinski definition) is 2. The van der Waals surface area contributed by atoms with Crippen molar-refractivity contribution < 1.29 is 19.3 Å². The van der Waals surface area contributed by atoms with Crippen LogP contribution in [0.4, 0.5) is 0 Å². The van der Waals surface area contributed by atoms with Crippen LogP contribution in [-0.2, 0) is 4.74 Å². The van der Waals surface area contributed by atoms with Crippen LogP contribution in [-0.4, -0.2) is 37.7 Å². The average molecular weight is 237 g/mol. The minimum absolute atomic E-state index is 0.256. The maximum absolute atomic E-state index is 10.0. The second-order valence-corrected chi connectivity index (χ2v) is 4.27. The van der Waals surface area contributed by atoms with E-state index in [4.69, 9.17) is 14.2 Å². The first kappa shape index (κ1) is 10.8. The highest BCUT2D eigenvalue weighted by Crippen LogP contribution is 2.34. The van der Waals surface area contributed by atoms with Crippen LogP contribution in [0.5, 0.6) is 11.5 Å². The van der Waals surface area contributed by atoms with Crippen molar-refractivity contribution >= 4 is 0 Å². The van der Waals surface area contributed by atoms with Gasteiger partial charge in [0, 0.05) is 6.54 Å². The van der Waals surface area contributed by atoms with E-state index < -0.39 is 6.10 Å². The molecule has 1 unspecified atom stereocenters. The molecule has 2 N–H and O–H groups in total. The van der Waals surface area contributed by atoms with Crippen molar-refractivity contribution in [1.29, 1.82) is 0 Å². The van der Waals surface area contributed by atoms with Crippen molar-refractivity contribution in [3.05, 3.63) is 23.8 Å². The quantitative estimate of drug-likeness (QED) is 0.795. The maximum atomic E-state index is 10.0. The molecule has 17 heavy (non-hydrogen) atoms. The number of ether oxygens (including phenoxy) is 3. The van der Waals surface area contributed by atoms with Crippen LogP contribution in [0.1, 0.15) is 11.7 Å². The molecule has 0 spiro atoms. The number of hydrogen-bond acceptors (Lipinski definition) is 5. The summed E-state index contributed by atoms with van der Waals surface area (Å²) in [5.74, 6) is 1.44. The number of aliphatic hydroxyl groups excluding tert-OH is 1. The van der Waals surface area contributed by atoms with Gasteiger partial charge in [-0.25, -0.2) is 0 Å². The zero-order valence-electron chi connectivity index (χ0n) is 9.39. The van der Waals surface area contributed by atoms with Crippen molar-refractivity contribution in [3.63, 3.8) is 0 Å². The van der Waals surface area contributed by atoms with Crippen LogP contribution >= 0.6 is 0 Å². The maximum Gasteiger partial charge on any atom is 0.231 e. The van der Waals surface area contributed by atoms with Gasteiger partial charge in [0.15, 0.2) is 11.5 Å². The van der Waals surface area contributed by atoms with Crippen LogP contribution < -0.4 is 14.8 Å². The summed E-state index contributed by atoms with van der Waals surface area (Å²) >= 11 is 0. The Bertz CT molecular complexity index is 405.